The largest absolute Gasteiger partial charge is 0.507 e. The summed E-state index contributed by atoms with van der Waals surface area (Å²) < 4.78 is 16.9. The van der Waals surface area contributed by atoms with Gasteiger partial charge >= 0.3 is 0 Å². The van der Waals surface area contributed by atoms with Crippen molar-refractivity contribution in [3.63, 3.8) is 0 Å². The van der Waals surface area contributed by atoms with E-state index >= 15 is 4.39 Å². The maximum absolute atomic E-state index is 15.2. The summed E-state index contributed by atoms with van der Waals surface area (Å²) in [6.07, 6.45) is 3.80. The highest BCUT2D eigenvalue weighted by atomic mass is 19.1. The second-order valence-corrected chi connectivity index (χ2v) is 7.49. The Morgan fingerprint density at radius 2 is 1.93 bits per heavy atom. The summed E-state index contributed by atoms with van der Waals surface area (Å²) in [7, 11) is 1.84. The van der Waals surface area contributed by atoms with Crippen molar-refractivity contribution in [2.24, 2.45) is 7.05 Å². The summed E-state index contributed by atoms with van der Waals surface area (Å²) in [5.41, 5.74) is 3.33. The van der Waals surface area contributed by atoms with Gasteiger partial charge in [-0.25, -0.2) is 9.37 Å². The molecule has 0 saturated carbocycles. The van der Waals surface area contributed by atoms with E-state index in [1.54, 1.807) is 22.9 Å². The number of hydrogen-bond acceptors (Lipinski definition) is 4. The number of hydrogen-bond donors (Lipinski definition) is 2. The molecule has 5 nitrogen and oxygen atoms in total. The number of phenolic OH excluding ortho intramolecular Hbond substituents is 1. The average molecular weight is 376 g/mol. The predicted octanol–water partition coefficient (Wildman–Crippen LogP) is 4.10. The standard InChI is InChI=1S/C22H21FN4O/c1-27-12-14-10-17(21(28)11-20(14)26-27)19-5-3-16-18(25-19)4-2-15(22(16)23)13-6-8-24-9-7-13/h2-5,10-13,24,28H,6-9H2,1H3. The van der Waals surface area contributed by atoms with Crippen LogP contribution >= 0.6 is 0 Å². The van der Waals surface area contributed by atoms with Gasteiger partial charge in [-0.2, -0.15) is 5.10 Å². The first-order valence-electron chi connectivity index (χ1n) is 9.57. The first kappa shape index (κ1) is 17.1. The van der Waals surface area contributed by atoms with Crippen LogP contribution in [0.3, 0.4) is 0 Å². The fourth-order valence-corrected chi connectivity index (χ4v) is 4.17. The minimum Gasteiger partial charge on any atom is -0.507 e. The molecule has 1 fully saturated rings. The molecule has 6 heteroatoms. The molecule has 0 amide bonds. The second kappa shape index (κ2) is 6.56. The van der Waals surface area contributed by atoms with E-state index in [0.717, 1.165) is 42.4 Å². The van der Waals surface area contributed by atoms with Gasteiger partial charge in [-0.05, 0) is 61.7 Å². The Balaban J connectivity index is 1.59. The molecule has 142 valence electrons. The average Bonchev–Trinajstić information content (AvgIpc) is 3.07. The van der Waals surface area contributed by atoms with Gasteiger partial charge in [-0.3, -0.25) is 4.68 Å². The number of nitrogens with zero attached hydrogens (tertiary/aromatic N) is 3. The van der Waals surface area contributed by atoms with Gasteiger partial charge in [0.1, 0.15) is 11.6 Å². The lowest BCUT2D eigenvalue weighted by Gasteiger charge is -2.23. The van der Waals surface area contributed by atoms with E-state index in [1.807, 2.05) is 31.4 Å². The number of aromatic nitrogens is 3. The van der Waals surface area contributed by atoms with E-state index in [-0.39, 0.29) is 17.5 Å². The van der Waals surface area contributed by atoms with Crippen LogP contribution in [-0.2, 0) is 7.05 Å². The van der Waals surface area contributed by atoms with Crippen molar-refractivity contribution < 1.29 is 9.50 Å². The zero-order chi connectivity index (χ0) is 19.3. The van der Waals surface area contributed by atoms with Crippen molar-refractivity contribution in [2.75, 3.05) is 13.1 Å². The van der Waals surface area contributed by atoms with Crippen molar-refractivity contribution in [1.82, 2.24) is 20.1 Å². The normalized spacial score (nSPS) is 15.5. The van der Waals surface area contributed by atoms with E-state index in [9.17, 15) is 5.11 Å². The van der Waals surface area contributed by atoms with Crippen LogP contribution in [0.5, 0.6) is 5.75 Å². The van der Waals surface area contributed by atoms with Gasteiger partial charge < -0.3 is 10.4 Å². The first-order valence-corrected chi connectivity index (χ1v) is 9.57. The third-order valence-corrected chi connectivity index (χ3v) is 5.63. The molecule has 4 aromatic rings. The number of phenols is 1. The molecule has 0 spiro atoms. The summed E-state index contributed by atoms with van der Waals surface area (Å²) in [5, 5.41) is 19.5. The number of fused-ring (bicyclic) bond motifs is 2. The fourth-order valence-electron chi connectivity index (χ4n) is 4.17. The van der Waals surface area contributed by atoms with E-state index in [0.29, 0.717) is 22.2 Å². The molecule has 2 aromatic heterocycles. The maximum Gasteiger partial charge on any atom is 0.136 e. The molecule has 2 N–H and O–H groups in total. The fraction of sp³-hybridized carbons (Fsp3) is 0.273. The van der Waals surface area contributed by atoms with Gasteiger partial charge in [0.2, 0.25) is 0 Å². The Hall–Kier alpha value is -2.99. The second-order valence-electron chi connectivity index (χ2n) is 7.49. The molecule has 0 unspecified atom stereocenters. The highest BCUT2D eigenvalue weighted by Crippen LogP contribution is 2.35. The van der Waals surface area contributed by atoms with E-state index in [2.05, 4.69) is 15.4 Å². The van der Waals surface area contributed by atoms with E-state index < -0.39 is 0 Å². The third-order valence-electron chi connectivity index (χ3n) is 5.63. The van der Waals surface area contributed by atoms with Crippen molar-refractivity contribution >= 4 is 21.8 Å². The zero-order valence-electron chi connectivity index (χ0n) is 15.6. The predicted molar refractivity (Wildman–Crippen MR) is 108 cm³/mol. The van der Waals surface area contributed by atoms with Gasteiger partial charge in [0.25, 0.3) is 0 Å². The smallest absolute Gasteiger partial charge is 0.136 e. The number of piperidine rings is 1. The van der Waals surface area contributed by atoms with Crippen LogP contribution in [0.4, 0.5) is 4.39 Å². The van der Waals surface area contributed by atoms with Gasteiger partial charge in [-0.15, -0.1) is 0 Å². The number of halogens is 1. The molecule has 0 bridgehead atoms. The lowest BCUT2D eigenvalue weighted by Crippen LogP contribution is -2.27. The van der Waals surface area contributed by atoms with Crippen LogP contribution in [-0.4, -0.2) is 33.0 Å². The SMILES string of the molecule is Cn1cc2cc(-c3ccc4c(F)c(C5CCNCC5)ccc4n3)c(O)cc2n1. The number of aryl methyl sites for hydroxylation is 1. The lowest BCUT2D eigenvalue weighted by molar-refractivity contribution is 0.446. The van der Waals surface area contributed by atoms with Gasteiger partial charge in [0.15, 0.2) is 0 Å². The van der Waals surface area contributed by atoms with Crippen LogP contribution in [0.15, 0.2) is 42.6 Å². The van der Waals surface area contributed by atoms with Crippen LogP contribution in [0.25, 0.3) is 33.1 Å². The molecular formula is C22H21FN4O. The maximum atomic E-state index is 15.2. The Bertz CT molecular complexity index is 1190. The minimum absolute atomic E-state index is 0.116. The number of rotatable bonds is 2. The Kier molecular flexibility index (Phi) is 4.02. The molecule has 0 atom stereocenters. The van der Waals surface area contributed by atoms with Gasteiger partial charge in [-0.1, -0.05) is 6.07 Å². The summed E-state index contributed by atoms with van der Waals surface area (Å²) in [5.74, 6) is 0.197. The highest BCUT2D eigenvalue weighted by Gasteiger charge is 2.20. The Morgan fingerprint density at radius 1 is 1.11 bits per heavy atom. The molecule has 3 heterocycles. The zero-order valence-corrected chi connectivity index (χ0v) is 15.6. The van der Waals surface area contributed by atoms with Crippen molar-refractivity contribution in [1.29, 1.82) is 0 Å². The molecule has 0 radical (unpaired) electrons. The van der Waals surface area contributed by atoms with Crippen LogP contribution < -0.4 is 5.32 Å². The molecule has 0 aliphatic carbocycles. The number of pyridine rings is 1. The van der Waals surface area contributed by atoms with Crippen LogP contribution in [0.1, 0.15) is 24.3 Å². The Labute approximate surface area is 161 Å². The number of aromatic hydroxyl groups is 1. The number of benzene rings is 2. The van der Waals surface area contributed by atoms with Crippen molar-refractivity contribution in [3.8, 4) is 17.0 Å². The van der Waals surface area contributed by atoms with Gasteiger partial charge in [0, 0.05) is 35.6 Å². The first-order chi connectivity index (χ1) is 13.6. The topological polar surface area (TPSA) is 63.0 Å². The molecule has 1 aliphatic rings. The summed E-state index contributed by atoms with van der Waals surface area (Å²) in [4.78, 5) is 4.63. The summed E-state index contributed by atoms with van der Waals surface area (Å²) in [6.45, 7) is 1.85. The van der Waals surface area contributed by atoms with Crippen LogP contribution in [0, 0.1) is 5.82 Å². The van der Waals surface area contributed by atoms with Gasteiger partial charge in [0.05, 0.1) is 16.7 Å². The summed E-state index contributed by atoms with van der Waals surface area (Å²) >= 11 is 0. The minimum atomic E-state index is -0.171. The number of nitrogens with one attached hydrogen (secondary N) is 1. The highest BCUT2D eigenvalue weighted by molar-refractivity contribution is 5.89. The lowest BCUT2D eigenvalue weighted by atomic mass is 9.89. The molecule has 1 saturated heterocycles. The van der Waals surface area contributed by atoms with E-state index in [1.165, 1.54) is 0 Å². The third kappa shape index (κ3) is 2.81. The molecule has 28 heavy (non-hydrogen) atoms. The van der Waals surface area contributed by atoms with Crippen molar-refractivity contribution in [2.45, 2.75) is 18.8 Å². The summed E-state index contributed by atoms with van der Waals surface area (Å²) in [6, 6.07) is 10.8. The van der Waals surface area contributed by atoms with Crippen molar-refractivity contribution in [3.05, 3.63) is 54.0 Å². The molecule has 5 rings (SSSR count). The van der Waals surface area contributed by atoms with Crippen LogP contribution in [0.2, 0.25) is 0 Å². The molecule has 2 aromatic carbocycles. The molecular weight excluding hydrogens is 355 g/mol. The monoisotopic (exact) mass is 376 g/mol. The van der Waals surface area contributed by atoms with E-state index in [4.69, 9.17) is 0 Å². The molecule has 1 aliphatic heterocycles. The quantitative estimate of drug-likeness (QED) is 0.553. The Morgan fingerprint density at radius 3 is 2.75 bits per heavy atom.